The summed E-state index contributed by atoms with van der Waals surface area (Å²) < 4.78 is 31.7. The second kappa shape index (κ2) is 8.74. The van der Waals surface area contributed by atoms with Crippen molar-refractivity contribution in [2.75, 3.05) is 4.90 Å². The fourth-order valence-electron chi connectivity index (χ4n) is 4.49. The van der Waals surface area contributed by atoms with E-state index in [1.54, 1.807) is 12.1 Å². The van der Waals surface area contributed by atoms with E-state index in [9.17, 15) is 27.6 Å². The average Bonchev–Trinajstić information content (AvgIpc) is 3.35. The van der Waals surface area contributed by atoms with Gasteiger partial charge in [0.15, 0.2) is 0 Å². The van der Waals surface area contributed by atoms with Crippen molar-refractivity contribution in [2.24, 2.45) is 0 Å². The maximum absolute atomic E-state index is 13.2. The zero-order valence-corrected chi connectivity index (χ0v) is 21.1. The lowest BCUT2D eigenvalue weighted by Gasteiger charge is -2.14. The topological polar surface area (TPSA) is 127 Å². The number of carbonyl (C=O) groups is 4. The van der Waals surface area contributed by atoms with Crippen LogP contribution in [0, 0.1) is 6.92 Å². The summed E-state index contributed by atoms with van der Waals surface area (Å²) in [6, 6.07) is 20.8. The molecule has 0 aliphatic carbocycles. The Bertz CT molecular complexity index is 1840. The van der Waals surface area contributed by atoms with Crippen LogP contribution in [0.15, 0.2) is 94.7 Å². The number of amides is 4. The number of fused-ring (bicyclic) bond motifs is 2. The molecule has 4 amide bonds. The molecule has 0 radical (unpaired) electrons. The number of ether oxygens (including phenoxy) is 1. The van der Waals surface area contributed by atoms with Gasteiger partial charge >= 0.3 is 0 Å². The Morgan fingerprint density at radius 2 is 1.13 bits per heavy atom. The van der Waals surface area contributed by atoms with Crippen molar-refractivity contribution in [2.45, 2.75) is 16.7 Å². The lowest BCUT2D eigenvalue weighted by molar-refractivity contribution is 0.0874. The molecule has 0 spiro atoms. The van der Waals surface area contributed by atoms with Gasteiger partial charge in [0.1, 0.15) is 11.5 Å². The van der Waals surface area contributed by atoms with Crippen molar-refractivity contribution in [1.29, 1.82) is 0 Å². The number of nitrogens with zero attached hydrogens (tertiary/aromatic N) is 1. The first-order valence-electron chi connectivity index (χ1n) is 11.8. The zero-order valence-electron chi connectivity index (χ0n) is 20.3. The fourth-order valence-corrected chi connectivity index (χ4v) is 5.75. The third-order valence-electron chi connectivity index (χ3n) is 6.54. The van der Waals surface area contributed by atoms with Crippen LogP contribution < -0.4 is 15.0 Å². The van der Waals surface area contributed by atoms with E-state index in [1.807, 2.05) is 6.92 Å². The Kier molecular flexibility index (Phi) is 5.44. The van der Waals surface area contributed by atoms with E-state index in [0.29, 0.717) is 0 Å². The molecule has 0 saturated heterocycles. The molecule has 10 heteroatoms. The van der Waals surface area contributed by atoms with Gasteiger partial charge in [0.05, 0.1) is 37.7 Å². The summed E-state index contributed by atoms with van der Waals surface area (Å²) in [4.78, 5) is 51.1. The molecule has 0 aromatic heterocycles. The first-order valence-corrected chi connectivity index (χ1v) is 13.2. The van der Waals surface area contributed by atoms with E-state index >= 15 is 0 Å². The molecule has 4 aromatic carbocycles. The minimum absolute atomic E-state index is 0.0344. The van der Waals surface area contributed by atoms with Crippen molar-refractivity contribution >= 4 is 39.2 Å². The molecule has 6 rings (SSSR count). The molecule has 2 heterocycles. The number of carbonyl (C=O) groups excluding carboxylic acids is 4. The molecule has 0 unspecified atom stereocenters. The summed E-state index contributed by atoms with van der Waals surface area (Å²) in [6.45, 7) is 1.86. The third kappa shape index (κ3) is 3.98. The second-order valence-corrected chi connectivity index (χ2v) is 11.0. The molecular formula is C29H18N2O7S. The van der Waals surface area contributed by atoms with E-state index in [2.05, 4.69) is 5.32 Å². The summed E-state index contributed by atoms with van der Waals surface area (Å²) in [7, 11) is -3.77. The van der Waals surface area contributed by atoms with E-state index in [-0.39, 0.29) is 49.2 Å². The maximum Gasteiger partial charge on any atom is 0.266 e. The standard InChI is InChI=1S/C29H18N2O7S/c1-16-2-8-20(9-3-16)39(36,37)21-10-4-17(5-11-21)31-28(34)23-13-7-19(15-25(23)29(31)35)38-18-6-12-22-24(14-18)27(33)30-26(22)32/h2-15H,1H3,(H,30,32,33). The summed E-state index contributed by atoms with van der Waals surface area (Å²) in [6.07, 6.45) is 0. The van der Waals surface area contributed by atoms with Crippen molar-refractivity contribution in [3.05, 3.63) is 113 Å². The van der Waals surface area contributed by atoms with Crippen LogP contribution in [0.1, 0.15) is 47.0 Å². The summed E-state index contributed by atoms with van der Waals surface area (Å²) in [5, 5.41) is 2.21. The molecular weight excluding hydrogens is 520 g/mol. The van der Waals surface area contributed by atoms with Gasteiger partial charge in [-0.1, -0.05) is 17.7 Å². The van der Waals surface area contributed by atoms with Crippen molar-refractivity contribution in [1.82, 2.24) is 5.32 Å². The Labute approximate surface area is 222 Å². The maximum atomic E-state index is 13.2. The Balaban J connectivity index is 1.25. The number of aryl methyl sites for hydroxylation is 1. The average molecular weight is 539 g/mol. The Morgan fingerprint density at radius 1 is 0.615 bits per heavy atom. The van der Waals surface area contributed by atoms with Gasteiger partial charge < -0.3 is 4.74 Å². The predicted molar refractivity (Wildman–Crippen MR) is 139 cm³/mol. The molecule has 0 saturated carbocycles. The van der Waals surface area contributed by atoms with Gasteiger partial charge in [-0.3, -0.25) is 24.5 Å². The summed E-state index contributed by atoms with van der Waals surface area (Å²) in [5.74, 6) is -1.62. The van der Waals surface area contributed by atoms with Crippen LogP contribution in [-0.2, 0) is 9.84 Å². The first-order chi connectivity index (χ1) is 18.6. The smallest absolute Gasteiger partial charge is 0.266 e. The molecule has 1 N–H and O–H groups in total. The quantitative estimate of drug-likeness (QED) is 0.375. The van der Waals surface area contributed by atoms with Crippen LogP contribution in [0.5, 0.6) is 11.5 Å². The molecule has 0 atom stereocenters. The molecule has 0 fully saturated rings. The molecule has 0 bridgehead atoms. The summed E-state index contributed by atoms with van der Waals surface area (Å²) in [5.41, 5.74) is 1.87. The highest BCUT2D eigenvalue weighted by Gasteiger charge is 2.37. The summed E-state index contributed by atoms with van der Waals surface area (Å²) >= 11 is 0. The van der Waals surface area contributed by atoms with Gasteiger partial charge in [-0.15, -0.1) is 0 Å². The molecule has 2 aliphatic rings. The minimum atomic E-state index is -3.77. The van der Waals surface area contributed by atoms with Crippen molar-refractivity contribution in [3.63, 3.8) is 0 Å². The number of benzene rings is 4. The number of anilines is 1. The Morgan fingerprint density at radius 3 is 1.77 bits per heavy atom. The van der Waals surface area contributed by atoms with Gasteiger partial charge in [0, 0.05) is 0 Å². The number of nitrogens with one attached hydrogen (secondary N) is 1. The van der Waals surface area contributed by atoms with E-state index in [0.717, 1.165) is 10.5 Å². The van der Waals surface area contributed by atoms with E-state index in [1.165, 1.54) is 72.8 Å². The van der Waals surface area contributed by atoms with E-state index < -0.39 is 33.5 Å². The number of hydrogen-bond donors (Lipinski definition) is 1. The van der Waals surface area contributed by atoms with Gasteiger partial charge in [-0.25, -0.2) is 13.3 Å². The first kappa shape index (κ1) is 24.3. The van der Waals surface area contributed by atoms with Crippen LogP contribution in [0.25, 0.3) is 0 Å². The predicted octanol–water partition coefficient (Wildman–Crippen LogP) is 4.30. The lowest BCUT2D eigenvalue weighted by atomic mass is 10.1. The number of sulfone groups is 1. The minimum Gasteiger partial charge on any atom is -0.457 e. The van der Waals surface area contributed by atoms with Gasteiger partial charge in [-0.2, -0.15) is 0 Å². The van der Waals surface area contributed by atoms with Crippen LogP contribution in [-0.4, -0.2) is 32.0 Å². The molecule has 2 aliphatic heterocycles. The molecule has 192 valence electrons. The van der Waals surface area contributed by atoms with E-state index in [4.69, 9.17) is 4.74 Å². The number of hydrogen-bond acceptors (Lipinski definition) is 7. The normalized spacial score (nSPS) is 14.3. The number of imide groups is 2. The van der Waals surface area contributed by atoms with Crippen LogP contribution >= 0.6 is 0 Å². The van der Waals surface area contributed by atoms with Crippen molar-refractivity contribution < 1.29 is 32.3 Å². The van der Waals surface area contributed by atoms with Crippen LogP contribution in [0.4, 0.5) is 5.69 Å². The third-order valence-corrected chi connectivity index (χ3v) is 8.32. The molecule has 9 nitrogen and oxygen atoms in total. The number of rotatable bonds is 5. The monoisotopic (exact) mass is 538 g/mol. The largest absolute Gasteiger partial charge is 0.457 e. The lowest BCUT2D eigenvalue weighted by Crippen LogP contribution is -2.29. The highest BCUT2D eigenvalue weighted by Crippen LogP contribution is 2.34. The SMILES string of the molecule is Cc1ccc(S(=O)(=O)c2ccc(N3C(=O)c4ccc(Oc5ccc6c(c5)C(=O)NC6=O)cc4C3=O)cc2)cc1. The Hall–Kier alpha value is -5.09. The van der Waals surface area contributed by atoms with Gasteiger partial charge in [0.25, 0.3) is 23.6 Å². The van der Waals surface area contributed by atoms with Crippen LogP contribution in [0.3, 0.4) is 0 Å². The van der Waals surface area contributed by atoms with Gasteiger partial charge in [-0.05, 0) is 79.7 Å². The van der Waals surface area contributed by atoms with Crippen molar-refractivity contribution in [3.8, 4) is 11.5 Å². The second-order valence-electron chi connectivity index (χ2n) is 9.06. The highest BCUT2D eigenvalue weighted by atomic mass is 32.2. The van der Waals surface area contributed by atoms with Crippen LogP contribution in [0.2, 0.25) is 0 Å². The van der Waals surface area contributed by atoms with Gasteiger partial charge in [0.2, 0.25) is 9.84 Å². The fraction of sp³-hybridized carbons (Fsp3) is 0.0345. The highest BCUT2D eigenvalue weighted by molar-refractivity contribution is 7.91. The molecule has 4 aromatic rings. The molecule has 39 heavy (non-hydrogen) atoms. The zero-order chi connectivity index (χ0) is 27.5.